The highest BCUT2D eigenvalue weighted by Crippen LogP contribution is 2.25. The lowest BCUT2D eigenvalue weighted by atomic mass is 9.92. The number of rotatable bonds is 4. The zero-order chi connectivity index (χ0) is 18.7. The summed E-state index contributed by atoms with van der Waals surface area (Å²) in [7, 11) is 0. The van der Waals surface area contributed by atoms with E-state index in [-0.39, 0.29) is 11.3 Å². The number of pyridine rings is 2. The quantitative estimate of drug-likeness (QED) is 0.781. The molecule has 1 amide bonds. The topological polar surface area (TPSA) is 72.7 Å². The van der Waals surface area contributed by atoms with Gasteiger partial charge in [-0.25, -0.2) is 9.67 Å². The van der Waals surface area contributed by atoms with Crippen LogP contribution in [0.2, 0.25) is 0 Å². The number of anilines is 1. The highest BCUT2D eigenvalue weighted by molar-refractivity contribution is 6.02. The average molecular weight is 349 g/mol. The molecule has 0 aliphatic heterocycles. The summed E-state index contributed by atoms with van der Waals surface area (Å²) in [5, 5.41) is 7.65. The summed E-state index contributed by atoms with van der Waals surface area (Å²) in [5.74, 6) is 0.407. The fourth-order valence-electron chi connectivity index (χ4n) is 2.52. The molecule has 0 atom stereocenters. The van der Waals surface area contributed by atoms with Crippen molar-refractivity contribution < 1.29 is 4.79 Å². The average Bonchev–Trinajstić information content (AvgIpc) is 2.99. The molecule has 0 spiro atoms. The molecule has 0 radical (unpaired) electrons. The van der Waals surface area contributed by atoms with Gasteiger partial charge in [-0.15, -0.1) is 0 Å². The number of amides is 1. The lowest BCUT2D eigenvalue weighted by Gasteiger charge is -2.14. The van der Waals surface area contributed by atoms with Crippen LogP contribution in [0.15, 0.2) is 48.8 Å². The maximum Gasteiger partial charge on any atom is 0.275 e. The van der Waals surface area contributed by atoms with Crippen LogP contribution in [0.3, 0.4) is 0 Å². The van der Waals surface area contributed by atoms with Crippen LogP contribution in [0.1, 0.15) is 48.2 Å². The number of carbonyl (C=O) groups excluding carboxylic acids is 1. The lowest BCUT2D eigenvalue weighted by Crippen LogP contribution is -2.17. The summed E-state index contributed by atoms with van der Waals surface area (Å²) in [4.78, 5) is 20.9. The number of hydrogen-bond acceptors (Lipinski definition) is 4. The molecule has 0 saturated heterocycles. The molecule has 0 aliphatic carbocycles. The van der Waals surface area contributed by atoms with Gasteiger partial charge in [-0.1, -0.05) is 26.8 Å². The van der Waals surface area contributed by atoms with Crippen LogP contribution in [0.4, 0.5) is 5.82 Å². The number of nitrogens with one attached hydrogen (secondary N) is 1. The van der Waals surface area contributed by atoms with Gasteiger partial charge in [-0.2, -0.15) is 5.10 Å². The third-order valence-corrected chi connectivity index (χ3v) is 3.99. The van der Waals surface area contributed by atoms with Crippen LogP contribution in [0, 0.1) is 6.92 Å². The van der Waals surface area contributed by atoms with E-state index in [0.717, 1.165) is 17.0 Å². The van der Waals surface area contributed by atoms with Crippen LogP contribution in [-0.2, 0) is 12.0 Å². The maximum absolute atomic E-state index is 12.6. The van der Waals surface area contributed by atoms with E-state index in [1.807, 2.05) is 41.9 Å². The van der Waals surface area contributed by atoms with E-state index >= 15 is 0 Å². The molecule has 6 heteroatoms. The SMILES string of the molecule is Cc1cccc(C(=O)Nc2cc(C(C)(C)C)nn2Cc2ccncc2)n1. The summed E-state index contributed by atoms with van der Waals surface area (Å²) in [5.41, 5.74) is 3.05. The first-order chi connectivity index (χ1) is 12.3. The summed E-state index contributed by atoms with van der Waals surface area (Å²) in [6, 6.07) is 11.2. The van der Waals surface area contributed by atoms with Crippen molar-refractivity contribution in [3.63, 3.8) is 0 Å². The molecular weight excluding hydrogens is 326 g/mol. The number of carbonyl (C=O) groups is 1. The first kappa shape index (κ1) is 17.8. The molecule has 3 aromatic rings. The van der Waals surface area contributed by atoms with Gasteiger partial charge < -0.3 is 5.32 Å². The zero-order valence-electron chi connectivity index (χ0n) is 15.5. The Morgan fingerprint density at radius 2 is 1.88 bits per heavy atom. The Morgan fingerprint density at radius 1 is 1.15 bits per heavy atom. The second-order valence-corrected chi connectivity index (χ2v) is 7.30. The van der Waals surface area contributed by atoms with Crippen LogP contribution >= 0.6 is 0 Å². The van der Waals surface area contributed by atoms with Crippen molar-refractivity contribution in [3.05, 3.63) is 71.4 Å². The standard InChI is InChI=1S/C20H23N5O/c1-14-6-5-7-16(22-14)19(26)23-18-12-17(20(2,3)4)24-25(18)13-15-8-10-21-11-9-15/h5-12H,13H2,1-4H3,(H,23,26). The molecule has 3 aromatic heterocycles. The lowest BCUT2D eigenvalue weighted by molar-refractivity contribution is 0.102. The van der Waals surface area contributed by atoms with Gasteiger partial charge in [0.2, 0.25) is 0 Å². The molecule has 0 unspecified atom stereocenters. The molecule has 3 heterocycles. The number of hydrogen-bond donors (Lipinski definition) is 1. The zero-order valence-corrected chi connectivity index (χ0v) is 15.5. The third-order valence-electron chi connectivity index (χ3n) is 3.99. The van der Waals surface area contributed by atoms with Gasteiger partial charge in [0.25, 0.3) is 5.91 Å². The Hall–Kier alpha value is -3.02. The fourth-order valence-corrected chi connectivity index (χ4v) is 2.52. The van der Waals surface area contributed by atoms with Crippen molar-refractivity contribution in [3.8, 4) is 0 Å². The Morgan fingerprint density at radius 3 is 2.54 bits per heavy atom. The van der Waals surface area contributed by atoms with E-state index in [1.54, 1.807) is 18.5 Å². The van der Waals surface area contributed by atoms with Crippen molar-refractivity contribution in [2.45, 2.75) is 39.7 Å². The molecule has 0 saturated carbocycles. The van der Waals surface area contributed by atoms with Gasteiger partial charge in [-0.05, 0) is 36.8 Å². The maximum atomic E-state index is 12.6. The first-order valence-electron chi connectivity index (χ1n) is 8.55. The Bertz CT molecular complexity index is 909. The number of aromatic nitrogens is 4. The molecular formula is C20H23N5O. The van der Waals surface area contributed by atoms with Gasteiger partial charge >= 0.3 is 0 Å². The predicted molar refractivity (Wildman–Crippen MR) is 101 cm³/mol. The Kier molecular flexibility index (Phi) is 4.84. The van der Waals surface area contributed by atoms with Gasteiger partial charge in [-0.3, -0.25) is 9.78 Å². The predicted octanol–water partition coefficient (Wildman–Crippen LogP) is 3.58. The normalized spacial score (nSPS) is 11.4. The van der Waals surface area contributed by atoms with Crippen molar-refractivity contribution in [2.75, 3.05) is 5.32 Å². The fraction of sp³-hybridized carbons (Fsp3) is 0.300. The summed E-state index contributed by atoms with van der Waals surface area (Å²) in [6.45, 7) is 8.71. The van der Waals surface area contributed by atoms with E-state index < -0.39 is 0 Å². The van der Waals surface area contributed by atoms with Gasteiger partial charge in [0.05, 0.1) is 12.2 Å². The minimum atomic E-state index is -0.245. The third kappa shape index (κ3) is 4.14. The molecule has 26 heavy (non-hydrogen) atoms. The molecule has 1 N–H and O–H groups in total. The second kappa shape index (κ2) is 7.07. The summed E-state index contributed by atoms with van der Waals surface area (Å²) < 4.78 is 1.81. The summed E-state index contributed by atoms with van der Waals surface area (Å²) in [6.07, 6.45) is 3.50. The highest BCUT2D eigenvalue weighted by atomic mass is 16.2. The van der Waals surface area contributed by atoms with E-state index in [9.17, 15) is 4.79 Å². The smallest absolute Gasteiger partial charge is 0.275 e. The molecule has 0 aliphatic rings. The van der Waals surface area contributed by atoms with Crippen molar-refractivity contribution in [1.82, 2.24) is 19.7 Å². The minimum Gasteiger partial charge on any atom is -0.305 e. The van der Waals surface area contributed by atoms with E-state index in [2.05, 4.69) is 36.1 Å². The minimum absolute atomic E-state index is 0.120. The van der Waals surface area contributed by atoms with Gasteiger partial charge in [0.15, 0.2) is 0 Å². The highest BCUT2D eigenvalue weighted by Gasteiger charge is 2.21. The molecule has 0 aromatic carbocycles. The monoisotopic (exact) mass is 349 g/mol. The van der Waals surface area contributed by atoms with Crippen LogP contribution in [0.5, 0.6) is 0 Å². The Labute approximate surface area is 153 Å². The molecule has 134 valence electrons. The largest absolute Gasteiger partial charge is 0.305 e. The molecule has 0 bridgehead atoms. The van der Waals surface area contributed by atoms with Crippen LogP contribution < -0.4 is 5.32 Å². The van der Waals surface area contributed by atoms with E-state index in [0.29, 0.717) is 18.1 Å². The van der Waals surface area contributed by atoms with Crippen molar-refractivity contribution >= 4 is 11.7 Å². The second-order valence-electron chi connectivity index (χ2n) is 7.30. The van der Waals surface area contributed by atoms with Gasteiger partial charge in [0.1, 0.15) is 11.5 Å². The van der Waals surface area contributed by atoms with Crippen molar-refractivity contribution in [2.24, 2.45) is 0 Å². The van der Waals surface area contributed by atoms with Crippen LogP contribution in [-0.4, -0.2) is 25.7 Å². The first-order valence-corrected chi connectivity index (χ1v) is 8.55. The summed E-state index contributed by atoms with van der Waals surface area (Å²) >= 11 is 0. The van der Waals surface area contributed by atoms with Gasteiger partial charge in [0, 0.05) is 29.6 Å². The van der Waals surface area contributed by atoms with E-state index in [1.165, 1.54) is 0 Å². The van der Waals surface area contributed by atoms with Crippen molar-refractivity contribution in [1.29, 1.82) is 0 Å². The number of aryl methyl sites for hydroxylation is 1. The molecule has 3 rings (SSSR count). The Balaban J connectivity index is 1.91. The molecule has 6 nitrogen and oxygen atoms in total. The molecule has 0 fully saturated rings. The number of nitrogens with zero attached hydrogens (tertiary/aromatic N) is 4. The van der Waals surface area contributed by atoms with E-state index in [4.69, 9.17) is 5.10 Å². The van der Waals surface area contributed by atoms with Crippen LogP contribution in [0.25, 0.3) is 0 Å².